The zero-order valence-corrected chi connectivity index (χ0v) is 22.9. The lowest BCUT2D eigenvalue weighted by Crippen LogP contribution is -2.29. The van der Waals surface area contributed by atoms with Crippen molar-refractivity contribution >= 4 is 19.8 Å². The Morgan fingerprint density at radius 3 is 2.03 bits per heavy atom. The number of rotatable bonds is 24. The van der Waals surface area contributed by atoms with Crippen LogP contribution in [0.15, 0.2) is 12.2 Å². The molecule has 212 valence electrons. The first-order valence-corrected chi connectivity index (χ1v) is 14.6. The number of allylic oxidation sites excluding steroid dienone is 2. The maximum atomic E-state index is 12.2. The first kappa shape index (κ1) is 34.7. The number of aliphatic hydroxyl groups is 2. The second-order valence-corrected chi connectivity index (χ2v) is 10.1. The number of unbranched alkanes of at least 4 members (excludes halogenated alkanes) is 9. The van der Waals surface area contributed by atoms with Gasteiger partial charge in [0.2, 0.25) is 0 Å². The van der Waals surface area contributed by atoms with Crippen LogP contribution in [0, 0.1) is 0 Å². The van der Waals surface area contributed by atoms with Crippen LogP contribution in [0.3, 0.4) is 0 Å². The summed E-state index contributed by atoms with van der Waals surface area (Å²) in [7, 11) is -4.57. The zero-order chi connectivity index (χ0) is 27.1. The first-order chi connectivity index (χ1) is 17.2. The molecule has 0 spiro atoms. The van der Waals surface area contributed by atoms with Crippen molar-refractivity contribution in [2.24, 2.45) is 0 Å². The van der Waals surface area contributed by atoms with E-state index in [0.717, 1.165) is 38.5 Å². The van der Waals surface area contributed by atoms with E-state index in [0.29, 0.717) is 6.42 Å². The van der Waals surface area contributed by atoms with Crippen LogP contribution < -0.4 is 0 Å². The molecule has 0 aliphatic carbocycles. The lowest BCUT2D eigenvalue weighted by Gasteiger charge is -2.20. The van der Waals surface area contributed by atoms with E-state index in [1.807, 2.05) is 0 Å². The van der Waals surface area contributed by atoms with Gasteiger partial charge in [-0.1, -0.05) is 64.5 Å². The lowest BCUT2D eigenvalue weighted by atomic mass is 10.1. The highest BCUT2D eigenvalue weighted by atomic mass is 31.2. The van der Waals surface area contributed by atoms with Crippen LogP contribution in [-0.2, 0) is 32.7 Å². The number of esters is 2. The van der Waals surface area contributed by atoms with Gasteiger partial charge >= 0.3 is 19.8 Å². The highest BCUT2D eigenvalue weighted by molar-refractivity contribution is 7.47. The van der Waals surface area contributed by atoms with Crippen molar-refractivity contribution < 1.29 is 47.8 Å². The Balaban J connectivity index is 4.20. The van der Waals surface area contributed by atoms with Crippen LogP contribution in [0.5, 0.6) is 0 Å². The summed E-state index contributed by atoms with van der Waals surface area (Å²) in [4.78, 5) is 33.3. The monoisotopic (exact) mass is 538 g/mol. The van der Waals surface area contributed by atoms with Crippen LogP contribution in [0.4, 0.5) is 0 Å². The SMILES string of the molecule is CCCCCC/C=C\CCCCCCCC(=O)OC(COC(=O)CC)COP(=O)(O)OCC(O)CO. The molecule has 0 aromatic rings. The lowest BCUT2D eigenvalue weighted by molar-refractivity contribution is -0.161. The number of phosphoric acid groups is 1. The Kier molecular flexibility index (Phi) is 22.1. The van der Waals surface area contributed by atoms with Gasteiger partial charge in [0, 0.05) is 12.8 Å². The Labute approximate surface area is 216 Å². The minimum Gasteiger partial charge on any atom is -0.462 e. The average molecular weight is 539 g/mol. The van der Waals surface area contributed by atoms with E-state index in [4.69, 9.17) is 19.1 Å². The molecule has 0 aromatic heterocycles. The predicted molar refractivity (Wildman–Crippen MR) is 136 cm³/mol. The molecule has 0 radical (unpaired) electrons. The third-order valence-corrected chi connectivity index (χ3v) is 6.17. The van der Waals surface area contributed by atoms with E-state index >= 15 is 0 Å². The summed E-state index contributed by atoms with van der Waals surface area (Å²) in [6.45, 7) is 1.68. The Morgan fingerprint density at radius 1 is 0.833 bits per heavy atom. The van der Waals surface area contributed by atoms with Gasteiger partial charge in [-0.25, -0.2) is 4.57 Å². The predicted octanol–water partition coefficient (Wildman–Crippen LogP) is 4.60. The summed E-state index contributed by atoms with van der Waals surface area (Å²) in [6, 6.07) is 0. The maximum Gasteiger partial charge on any atom is 0.472 e. The van der Waals surface area contributed by atoms with E-state index in [1.165, 1.54) is 25.7 Å². The van der Waals surface area contributed by atoms with E-state index in [9.17, 15) is 24.2 Å². The third-order valence-electron chi connectivity index (χ3n) is 5.22. The maximum absolute atomic E-state index is 12.2. The second-order valence-electron chi connectivity index (χ2n) is 8.67. The van der Waals surface area contributed by atoms with Crippen molar-refractivity contribution in [3.05, 3.63) is 12.2 Å². The van der Waals surface area contributed by atoms with Gasteiger partial charge in [-0.05, 0) is 32.1 Å². The summed E-state index contributed by atoms with van der Waals surface area (Å²) in [5, 5.41) is 18.0. The van der Waals surface area contributed by atoms with Crippen LogP contribution in [0.1, 0.15) is 97.3 Å². The Bertz CT molecular complexity index is 640. The Hall–Kier alpha value is -1.29. The van der Waals surface area contributed by atoms with E-state index in [2.05, 4.69) is 23.6 Å². The smallest absolute Gasteiger partial charge is 0.462 e. The highest BCUT2D eigenvalue weighted by Gasteiger charge is 2.26. The Morgan fingerprint density at radius 2 is 1.42 bits per heavy atom. The summed E-state index contributed by atoms with van der Waals surface area (Å²) in [5.74, 6) is -1.04. The standard InChI is InChI=1S/C25H47O10P/c1-3-5-6-7-8-9-10-11-12-13-14-15-16-17-25(29)35-23(20-32-24(28)4-2)21-34-36(30,31)33-19-22(27)18-26/h9-10,22-23,26-27H,3-8,11-21H2,1-2H3,(H,30,31)/b10-9-. The molecule has 0 aromatic carbocycles. The molecule has 3 N–H and O–H groups in total. The van der Waals surface area contributed by atoms with Crippen molar-refractivity contribution in [1.82, 2.24) is 0 Å². The minimum atomic E-state index is -4.57. The van der Waals surface area contributed by atoms with Crippen LogP contribution >= 0.6 is 7.82 Å². The minimum absolute atomic E-state index is 0.122. The van der Waals surface area contributed by atoms with Crippen molar-refractivity contribution in [2.45, 2.75) is 110 Å². The molecule has 0 bridgehead atoms. The summed E-state index contributed by atoms with van der Waals surface area (Å²) < 4.78 is 31.5. The van der Waals surface area contributed by atoms with Crippen molar-refractivity contribution in [3.8, 4) is 0 Å². The zero-order valence-electron chi connectivity index (χ0n) is 22.0. The largest absolute Gasteiger partial charge is 0.472 e. The van der Waals surface area contributed by atoms with Crippen molar-refractivity contribution in [3.63, 3.8) is 0 Å². The van der Waals surface area contributed by atoms with Gasteiger partial charge in [0.25, 0.3) is 0 Å². The molecule has 10 nitrogen and oxygen atoms in total. The van der Waals surface area contributed by atoms with E-state index in [-0.39, 0.29) is 19.4 Å². The molecule has 0 saturated heterocycles. The quantitative estimate of drug-likeness (QED) is 0.0689. The number of hydrogen-bond donors (Lipinski definition) is 3. The van der Waals surface area contributed by atoms with E-state index in [1.54, 1.807) is 6.92 Å². The van der Waals surface area contributed by atoms with Crippen molar-refractivity contribution in [1.29, 1.82) is 0 Å². The fourth-order valence-electron chi connectivity index (χ4n) is 3.08. The fraction of sp³-hybridized carbons (Fsp3) is 0.840. The van der Waals surface area contributed by atoms with Crippen molar-refractivity contribution in [2.75, 3.05) is 26.4 Å². The van der Waals surface area contributed by atoms with Gasteiger partial charge in [0.05, 0.1) is 19.8 Å². The number of ether oxygens (including phenoxy) is 2. The third kappa shape index (κ3) is 21.9. The van der Waals surface area contributed by atoms with Gasteiger partial charge in [0.1, 0.15) is 12.7 Å². The molecule has 0 amide bonds. The molecule has 0 aliphatic heterocycles. The van der Waals surface area contributed by atoms with Gasteiger partial charge in [-0.2, -0.15) is 0 Å². The first-order valence-electron chi connectivity index (χ1n) is 13.1. The molecule has 11 heteroatoms. The summed E-state index contributed by atoms with van der Waals surface area (Å²) in [6.07, 6.45) is 14.5. The molecule has 0 heterocycles. The average Bonchev–Trinajstić information content (AvgIpc) is 2.86. The summed E-state index contributed by atoms with van der Waals surface area (Å²) >= 11 is 0. The van der Waals surface area contributed by atoms with Gasteiger partial charge in [0.15, 0.2) is 6.10 Å². The number of hydrogen-bond acceptors (Lipinski definition) is 9. The van der Waals surface area contributed by atoms with Crippen LogP contribution in [0.2, 0.25) is 0 Å². The number of phosphoric ester groups is 1. The second kappa shape index (κ2) is 22.9. The normalized spacial score (nSPS) is 14.9. The number of aliphatic hydroxyl groups excluding tert-OH is 2. The molecule has 0 fully saturated rings. The molecular formula is C25H47O10P. The molecular weight excluding hydrogens is 491 g/mol. The topological polar surface area (TPSA) is 149 Å². The number of carbonyl (C=O) groups is 2. The molecule has 0 aliphatic rings. The van der Waals surface area contributed by atoms with Crippen LogP contribution in [-0.4, -0.2) is 65.7 Å². The molecule has 0 saturated carbocycles. The van der Waals surface area contributed by atoms with E-state index < -0.39 is 51.8 Å². The van der Waals surface area contributed by atoms with Crippen LogP contribution in [0.25, 0.3) is 0 Å². The number of carbonyl (C=O) groups excluding carboxylic acids is 2. The molecule has 0 rings (SSSR count). The molecule has 3 unspecified atom stereocenters. The van der Waals surface area contributed by atoms with Gasteiger partial charge in [-0.15, -0.1) is 0 Å². The summed E-state index contributed by atoms with van der Waals surface area (Å²) in [5.41, 5.74) is 0. The highest BCUT2D eigenvalue weighted by Crippen LogP contribution is 2.43. The molecule has 3 atom stereocenters. The van der Waals surface area contributed by atoms with Gasteiger partial charge in [-0.3, -0.25) is 18.6 Å². The van der Waals surface area contributed by atoms with Gasteiger partial charge < -0.3 is 24.6 Å². The fourth-order valence-corrected chi connectivity index (χ4v) is 3.87. The molecule has 36 heavy (non-hydrogen) atoms.